The summed E-state index contributed by atoms with van der Waals surface area (Å²) in [6, 6.07) is 20.1. The van der Waals surface area contributed by atoms with E-state index in [1.54, 1.807) is 36.4 Å². The number of aliphatic hydroxyl groups is 4. The first-order valence-electron chi connectivity index (χ1n) is 18.5. The van der Waals surface area contributed by atoms with Crippen molar-refractivity contribution in [3.8, 4) is 5.75 Å². The van der Waals surface area contributed by atoms with Crippen molar-refractivity contribution in [3.05, 3.63) is 78.4 Å². The fourth-order valence-corrected chi connectivity index (χ4v) is 9.14. The molecule has 7 N–H and O–H groups in total. The van der Waals surface area contributed by atoms with Gasteiger partial charge < -0.3 is 45.4 Å². The number of ether oxygens (including phenoxy) is 2. The van der Waals surface area contributed by atoms with Gasteiger partial charge in [0, 0.05) is 24.8 Å². The number of sulfonamides is 1. The zero-order chi connectivity index (χ0) is 39.8. The molecule has 3 aromatic carbocycles. The summed E-state index contributed by atoms with van der Waals surface area (Å²) in [4.78, 5) is 29.6. The number of unbranched alkanes of at least 4 members (excludes halogenated alkanes) is 2. The lowest BCUT2D eigenvalue weighted by molar-refractivity contribution is -0.280. The summed E-state index contributed by atoms with van der Waals surface area (Å²) in [5.41, 5.74) is 1.04. The molecule has 1 saturated heterocycles. The van der Waals surface area contributed by atoms with E-state index in [0.29, 0.717) is 35.5 Å². The highest BCUT2D eigenvalue weighted by molar-refractivity contribution is 7.98. The molecule has 2 amide bonds. The summed E-state index contributed by atoms with van der Waals surface area (Å²) < 4.78 is 43.0. The number of rotatable bonds is 16. The zero-order valence-corrected chi connectivity index (χ0v) is 32.9. The van der Waals surface area contributed by atoms with E-state index in [1.807, 2.05) is 36.6 Å². The molecule has 0 spiro atoms. The number of amides is 2. The van der Waals surface area contributed by atoms with Crippen LogP contribution in [0, 0.1) is 0 Å². The van der Waals surface area contributed by atoms with Crippen LogP contribution in [0.5, 0.6) is 5.75 Å². The van der Waals surface area contributed by atoms with Crippen molar-refractivity contribution < 1.29 is 47.9 Å². The van der Waals surface area contributed by atoms with Crippen LogP contribution in [0.1, 0.15) is 64.0 Å². The van der Waals surface area contributed by atoms with Gasteiger partial charge in [-0.05, 0) is 42.9 Å². The second kappa shape index (κ2) is 18.9. The van der Waals surface area contributed by atoms with E-state index in [9.17, 15) is 38.4 Å². The highest BCUT2D eigenvalue weighted by Gasteiger charge is 2.44. The fraction of sp³-hybridized carbons (Fsp3) is 0.487. The monoisotopic (exact) mass is 800 g/mol. The minimum Gasteiger partial charge on any atom is -0.483 e. The van der Waals surface area contributed by atoms with Crippen molar-refractivity contribution in [3.63, 3.8) is 0 Å². The maximum absolute atomic E-state index is 14.3. The molecule has 300 valence electrons. The normalized spacial score (nSPS) is 23.5. The number of anilines is 2. The van der Waals surface area contributed by atoms with Crippen molar-refractivity contribution in [2.75, 3.05) is 30.9 Å². The number of nitrogens with zero attached hydrogens (tertiary/aromatic N) is 1. The molecule has 55 heavy (non-hydrogen) atoms. The Morgan fingerprint density at radius 1 is 0.964 bits per heavy atom. The largest absolute Gasteiger partial charge is 0.483 e. The van der Waals surface area contributed by atoms with Crippen LogP contribution in [0.2, 0.25) is 0 Å². The summed E-state index contributed by atoms with van der Waals surface area (Å²) in [7, 11) is -4.08. The molecule has 0 bridgehead atoms. The van der Waals surface area contributed by atoms with Gasteiger partial charge in [0.15, 0.2) is 12.9 Å². The van der Waals surface area contributed by atoms with Gasteiger partial charge in [-0.15, -0.1) is 11.8 Å². The third kappa shape index (κ3) is 10.2. The fourth-order valence-electron chi connectivity index (χ4n) is 6.94. The van der Waals surface area contributed by atoms with Crippen LogP contribution in [0.3, 0.4) is 0 Å². The summed E-state index contributed by atoms with van der Waals surface area (Å²) >= 11 is 1.34. The number of thioether (sulfide) groups is 1. The Morgan fingerprint density at radius 2 is 1.60 bits per heavy atom. The Hall–Kier alpha value is -3.74. The Bertz CT molecular complexity index is 1850. The van der Waals surface area contributed by atoms with E-state index in [2.05, 4.69) is 34.1 Å². The van der Waals surface area contributed by atoms with E-state index >= 15 is 0 Å². The molecule has 2 aliphatic rings. The quantitative estimate of drug-likeness (QED) is 0.104. The van der Waals surface area contributed by atoms with Gasteiger partial charge in [-0.3, -0.25) is 9.59 Å². The SMILES string of the molecule is CCCCC1(CCCC)CN(c2ccccc2)c2cc(SC)c(OCC(=O)N[C@@H](C(=O)NC[C@H]3O[C@@H](O)[C@@H](O)[C@@H](O)[C@H]3O)c3ccccc3)cc2S(=O)(=O)N1. The first-order valence-corrected chi connectivity index (χ1v) is 21.2. The van der Waals surface area contributed by atoms with Crippen LogP contribution in [0.25, 0.3) is 0 Å². The van der Waals surface area contributed by atoms with Gasteiger partial charge in [0.25, 0.3) is 5.91 Å². The van der Waals surface area contributed by atoms with E-state index in [4.69, 9.17) is 9.47 Å². The topological polar surface area (TPSA) is 207 Å². The second-order valence-electron chi connectivity index (χ2n) is 14.0. The molecule has 0 saturated carbocycles. The first-order chi connectivity index (χ1) is 26.3. The van der Waals surface area contributed by atoms with Crippen molar-refractivity contribution in [2.24, 2.45) is 0 Å². The van der Waals surface area contributed by atoms with Crippen LogP contribution < -0.4 is 25.0 Å². The molecule has 16 heteroatoms. The number of hydrogen-bond donors (Lipinski definition) is 7. The Kier molecular flexibility index (Phi) is 14.6. The average Bonchev–Trinajstić information content (AvgIpc) is 3.28. The third-order valence-corrected chi connectivity index (χ3v) is 12.3. The predicted octanol–water partition coefficient (Wildman–Crippen LogP) is 3.11. The number of carbonyl (C=O) groups is 2. The van der Waals surface area contributed by atoms with E-state index in [0.717, 1.165) is 31.4 Å². The number of aliphatic hydroxyl groups excluding tert-OH is 4. The van der Waals surface area contributed by atoms with Crippen molar-refractivity contribution in [1.29, 1.82) is 0 Å². The van der Waals surface area contributed by atoms with Gasteiger partial charge in [-0.2, -0.15) is 0 Å². The maximum Gasteiger partial charge on any atom is 0.258 e. The highest BCUT2D eigenvalue weighted by Crippen LogP contribution is 2.44. The van der Waals surface area contributed by atoms with E-state index in [1.165, 1.54) is 17.8 Å². The van der Waals surface area contributed by atoms with Crippen molar-refractivity contribution in [1.82, 2.24) is 15.4 Å². The standard InChI is InChI=1S/C39H52N4O10S2/c1-4-6-18-39(19-7-5-2)24-43(26-16-12-9-13-17-26)27-20-30(54-3)28(21-31(27)55(50,51)42-39)52-23-32(44)41-33(25-14-10-8-11-15-25)37(48)40-22-29-34(45)35(46)36(47)38(49)53-29/h8-17,20-21,29,33-36,38,42,45-47,49H,4-7,18-19,22-24H2,1-3H3,(H,40,48)(H,41,44)/t29-,33-,34+,35+,36+,38-/m1/s1. The van der Waals surface area contributed by atoms with Gasteiger partial charge in [0.05, 0.1) is 16.1 Å². The summed E-state index contributed by atoms with van der Waals surface area (Å²) in [6.07, 6.45) is -1.39. The Morgan fingerprint density at radius 3 is 2.22 bits per heavy atom. The lowest BCUT2D eigenvalue weighted by Gasteiger charge is -2.38. The van der Waals surface area contributed by atoms with E-state index < -0.39 is 70.7 Å². The minimum atomic E-state index is -4.08. The number of benzene rings is 3. The zero-order valence-electron chi connectivity index (χ0n) is 31.3. The van der Waals surface area contributed by atoms with Crippen LogP contribution in [-0.2, 0) is 24.3 Å². The van der Waals surface area contributed by atoms with Crippen LogP contribution in [0.15, 0.2) is 82.6 Å². The number of fused-ring (bicyclic) bond motifs is 1. The average molecular weight is 801 g/mol. The number of para-hydroxylation sites is 1. The minimum absolute atomic E-state index is 0.0239. The van der Waals surface area contributed by atoms with E-state index in [-0.39, 0.29) is 17.2 Å². The lowest BCUT2D eigenvalue weighted by atomic mass is 9.87. The Labute approximate surface area is 326 Å². The predicted molar refractivity (Wildman–Crippen MR) is 209 cm³/mol. The first kappa shape index (κ1) is 42.4. The molecule has 0 aromatic heterocycles. The molecular weight excluding hydrogens is 749 g/mol. The molecule has 0 aliphatic carbocycles. The van der Waals surface area contributed by atoms with Crippen molar-refractivity contribution in [2.45, 2.75) is 104 Å². The molecule has 0 unspecified atom stereocenters. The molecule has 1 fully saturated rings. The lowest BCUT2D eigenvalue weighted by Crippen LogP contribution is -2.60. The van der Waals surface area contributed by atoms with Crippen LogP contribution in [-0.4, -0.2) is 103 Å². The third-order valence-electron chi connectivity index (χ3n) is 9.95. The van der Waals surface area contributed by atoms with Gasteiger partial charge >= 0.3 is 0 Å². The summed E-state index contributed by atoms with van der Waals surface area (Å²) in [5.74, 6) is -1.19. The van der Waals surface area contributed by atoms with Gasteiger partial charge in [-0.25, -0.2) is 13.1 Å². The molecule has 3 aromatic rings. The summed E-state index contributed by atoms with van der Waals surface area (Å²) in [6.45, 7) is 3.69. The molecule has 5 rings (SSSR count). The van der Waals surface area contributed by atoms with Gasteiger partial charge in [0.2, 0.25) is 15.9 Å². The number of carbonyl (C=O) groups excluding carboxylic acids is 2. The van der Waals surface area contributed by atoms with Gasteiger partial charge in [0.1, 0.15) is 41.1 Å². The second-order valence-corrected chi connectivity index (χ2v) is 16.5. The molecule has 2 aliphatic heterocycles. The van der Waals surface area contributed by atoms with Crippen LogP contribution >= 0.6 is 11.8 Å². The molecular formula is C39H52N4O10S2. The van der Waals surface area contributed by atoms with Crippen LogP contribution in [0.4, 0.5) is 11.4 Å². The molecule has 0 radical (unpaired) electrons. The highest BCUT2D eigenvalue weighted by atomic mass is 32.2. The smallest absolute Gasteiger partial charge is 0.258 e. The summed E-state index contributed by atoms with van der Waals surface area (Å²) in [5, 5.41) is 45.3. The molecule has 6 atom stereocenters. The molecule has 14 nitrogen and oxygen atoms in total. The maximum atomic E-state index is 14.3. The number of hydrogen-bond acceptors (Lipinski definition) is 12. The van der Waals surface area contributed by atoms with Crippen molar-refractivity contribution >= 4 is 45.0 Å². The number of nitrogens with one attached hydrogen (secondary N) is 3. The Balaban J connectivity index is 1.39. The van der Waals surface area contributed by atoms with Gasteiger partial charge in [-0.1, -0.05) is 88.1 Å². The molecule has 2 heterocycles.